The molecule has 0 aliphatic rings. The lowest BCUT2D eigenvalue weighted by Gasteiger charge is -2.17. The van der Waals surface area contributed by atoms with Crippen LogP contribution in [0, 0.1) is 5.82 Å². The van der Waals surface area contributed by atoms with Crippen molar-refractivity contribution in [3.8, 4) is 0 Å². The summed E-state index contributed by atoms with van der Waals surface area (Å²) in [5.74, 6) is -0.224. The molecule has 2 rings (SSSR count). The fourth-order valence-electron chi connectivity index (χ4n) is 1.81. The Hall–Kier alpha value is -0.230. The third kappa shape index (κ3) is 3.41. The standard InChI is InChI=1S/C13H12Br2FNS/c1-2-17-13(11-3-4-12(15)18-11)8-5-9(14)7-10(16)6-8/h3-7,13,17H,2H2,1H3. The molecule has 2 aromatic rings. The smallest absolute Gasteiger partial charge is 0.124 e. The molecule has 18 heavy (non-hydrogen) atoms. The lowest BCUT2D eigenvalue weighted by Crippen LogP contribution is -2.21. The molecular weight excluding hydrogens is 381 g/mol. The first-order chi connectivity index (χ1) is 8.60. The Kier molecular flexibility index (Phi) is 4.95. The van der Waals surface area contributed by atoms with Crippen LogP contribution in [0.1, 0.15) is 23.4 Å². The van der Waals surface area contributed by atoms with Gasteiger partial charge in [-0.3, -0.25) is 0 Å². The van der Waals surface area contributed by atoms with E-state index in [9.17, 15) is 4.39 Å². The minimum atomic E-state index is -0.224. The van der Waals surface area contributed by atoms with Gasteiger partial charge in [-0.2, -0.15) is 0 Å². The van der Waals surface area contributed by atoms with Gasteiger partial charge in [0.15, 0.2) is 0 Å². The second kappa shape index (κ2) is 6.28. The summed E-state index contributed by atoms with van der Waals surface area (Å²) in [6, 6.07) is 9.09. The Balaban J connectivity index is 2.40. The molecule has 0 amide bonds. The van der Waals surface area contributed by atoms with Crippen molar-refractivity contribution >= 4 is 43.2 Å². The predicted octanol–water partition coefficient (Wildman–Crippen LogP) is 5.11. The van der Waals surface area contributed by atoms with Gasteiger partial charge < -0.3 is 5.32 Å². The first-order valence-electron chi connectivity index (χ1n) is 5.54. The Bertz CT molecular complexity index is 521. The van der Waals surface area contributed by atoms with Crippen LogP contribution in [0.25, 0.3) is 0 Å². The van der Waals surface area contributed by atoms with E-state index in [-0.39, 0.29) is 11.9 Å². The van der Waals surface area contributed by atoms with Crippen LogP contribution in [-0.4, -0.2) is 6.54 Å². The molecule has 0 radical (unpaired) electrons. The average molecular weight is 393 g/mol. The van der Waals surface area contributed by atoms with E-state index in [1.54, 1.807) is 17.4 Å². The van der Waals surface area contributed by atoms with Gasteiger partial charge in [-0.15, -0.1) is 11.3 Å². The van der Waals surface area contributed by atoms with Crippen molar-refractivity contribution in [2.24, 2.45) is 0 Å². The molecule has 5 heteroatoms. The summed E-state index contributed by atoms with van der Waals surface area (Å²) in [4.78, 5) is 1.17. The van der Waals surface area contributed by atoms with E-state index in [2.05, 4.69) is 43.2 Å². The molecule has 0 fully saturated rings. The highest BCUT2D eigenvalue weighted by molar-refractivity contribution is 9.11. The summed E-state index contributed by atoms with van der Waals surface area (Å²) < 4.78 is 15.3. The third-order valence-electron chi connectivity index (χ3n) is 2.50. The van der Waals surface area contributed by atoms with E-state index >= 15 is 0 Å². The molecule has 0 aliphatic carbocycles. The maximum Gasteiger partial charge on any atom is 0.124 e. The fourth-order valence-corrected chi connectivity index (χ4v) is 3.82. The Morgan fingerprint density at radius 2 is 2.06 bits per heavy atom. The molecule has 1 atom stereocenters. The van der Waals surface area contributed by atoms with E-state index in [1.807, 2.05) is 19.1 Å². The van der Waals surface area contributed by atoms with Crippen molar-refractivity contribution in [3.05, 3.63) is 54.8 Å². The van der Waals surface area contributed by atoms with Crippen molar-refractivity contribution in [1.82, 2.24) is 5.32 Å². The van der Waals surface area contributed by atoms with E-state index < -0.39 is 0 Å². The van der Waals surface area contributed by atoms with Crippen LogP contribution in [0.3, 0.4) is 0 Å². The molecular formula is C13H12Br2FNS. The van der Waals surface area contributed by atoms with Gasteiger partial charge in [0.1, 0.15) is 5.82 Å². The average Bonchev–Trinajstić information content (AvgIpc) is 2.71. The van der Waals surface area contributed by atoms with E-state index in [1.165, 1.54) is 10.9 Å². The van der Waals surface area contributed by atoms with Crippen molar-refractivity contribution in [2.75, 3.05) is 6.54 Å². The highest BCUT2D eigenvalue weighted by Gasteiger charge is 2.16. The summed E-state index contributed by atoms with van der Waals surface area (Å²) in [7, 11) is 0. The number of nitrogens with one attached hydrogen (secondary N) is 1. The fraction of sp³-hybridized carbons (Fsp3) is 0.231. The lowest BCUT2D eigenvalue weighted by atomic mass is 10.1. The van der Waals surface area contributed by atoms with Gasteiger partial charge in [0.25, 0.3) is 0 Å². The normalized spacial score (nSPS) is 12.7. The van der Waals surface area contributed by atoms with Crippen LogP contribution < -0.4 is 5.32 Å². The predicted molar refractivity (Wildman–Crippen MR) is 81.6 cm³/mol. The molecule has 1 aromatic carbocycles. The zero-order valence-corrected chi connectivity index (χ0v) is 13.7. The van der Waals surface area contributed by atoms with Crippen molar-refractivity contribution in [1.29, 1.82) is 0 Å². The van der Waals surface area contributed by atoms with Gasteiger partial charge in [-0.05, 0) is 58.4 Å². The second-order valence-electron chi connectivity index (χ2n) is 3.84. The summed E-state index contributed by atoms with van der Waals surface area (Å²) in [6.07, 6.45) is 0. The van der Waals surface area contributed by atoms with E-state index in [0.29, 0.717) is 0 Å². The SMILES string of the molecule is CCNC(c1cc(F)cc(Br)c1)c1ccc(Br)s1. The van der Waals surface area contributed by atoms with Crippen LogP contribution in [0.2, 0.25) is 0 Å². The van der Waals surface area contributed by atoms with Crippen LogP contribution in [-0.2, 0) is 0 Å². The van der Waals surface area contributed by atoms with Gasteiger partial charge in [-0.1, -0.05) is 22.9 Å². The highest BCUT2D eigenvalue weighted by atomic mass is 79.9. The van der Waals surface area contributed by atoms with Gasteiger partial charge in [0, 0.05) is 9.35 Å². The number of benzene rings is 1. The topological polar surface area (TPSA) is 12.0 Å². The number of hydrogen-bond acceptors (Lipinski definition) is 2. The molecule has 96 valence electrons. The minimum Gasteiger partial charge on any atom is -0.306 e. The summed E-state index contributed by atoms with van der Waals surface area (Å²) in [5.41, 5.74) is 0.929. The second-order valence-corrected chi connectivity index (χ2v) is 7.25. The monoisotopic (exact) mass is 391 g/mol. The first-order valence-corrected chi connectivity index (χ1v) is 7.95. The van der Waals surface area contributed by atoms with E-state index in [0.717, 1.165) is 20.4 Å². The van der Waals surface area contributed by atoms with Crippen molar-refractivity contribution < 1.29 is 4.39 Å². The lowest BCUT2D eigenvalue weighted by molar-refractivity contribution is 0.606. The first kappa shape index (κ1) is 14.2. The van der Waals surface area contributed by atoms with Gasteiger partial charge in [0.05, 0.1) is 9.83 Å². The molecule has 0 saturated heterocycles. The van der Waals surface area contributed by atoms with E-state index in [4.69, 9.17) is 0 Å². The van der Waals surface area contributed by atoms with Crippen LogP contribution in [0.5, 0.6) is 0 Å². The Labute approximate surface area is 127 Å². The number of hydrogen-bond donors (Lipinski definition) is 1. The highest BCUT2D eigenvalue weighted by Crippen LogP contribution is 2.32. The molecule has 1 unspecified atom stereocenters. The Morgan fingerprint density at radius 1 is 1.28 bits per heavy atom. The molecule has 1 heterocycles. The summed E-state index contributed by atoms with van der Waals surface area (Å²) in [6.45, 7) is 2.87. The molecule has 1 aromatic heterocycles. The van der Waals surface area contributed by atoms with Crippen molar-refractivity contribution in [2.45, 2.75) is 13.0 Å². The zero-order valence-electron chi connectivity index (χ0n) is 9.71. The number of rotatable bonds is 4. The summed E-state index contributed by atoms with van der Waals surface area (Å²) in [5, 5.41) is 3.39. The van der Waals surface area contributed by atoms with Gasteiger partial charge >= 0.3 is 0 Å². The third-order valence-corrected chi connectivity index (χ3v) is 4.65. The number of thiophene rings is 1. The molecule has 0 bridgehead atoms. The molecule has 0 saturated carbocycles. The quantitative estimate of drug-likeness (QED) is 0.762. The van der Waals surface area contributed by atoms with Crippen molar-refractivity contribution in [3.63, 3.8) is 0 Å². The number of halogens is 3. The molecule has 1 N–H and O–H groups in total. The van der Waals surface area contributed by atoms with Crippen LogP contribution in [0.15, 0.2) is 38.6 Å². The van der Waals surface area contributed by atoms with Crippen LogP contribution in [0.4, 0.5) is 4.39 Å². The maximum absolute atomic E-state index is 13.5. The summed E-state index contributed by atoms with van der Waals surface area (Å²) >= 11 is 8.46. The molecule has 0 aliphatic heterocycles. The van der Waals surface area contributed by atoms with Gasteiger partial charge in [-0.25, -0.2) is 4.39 Å². The zero-order chi connectivity index (χ0) is 13.1. The minimum absolute atomic E-state index is 0.0262. The van der Waals surface area contributed by atoms with Crippen LogP contribution >= 0.6 is 43.2 Å². The molecule has 1 nitrogen and oxygen atoms in total. The Morgan fingerprint density at radius 3 is 2.61 bits per heavy atom. The largest absolute Gasteiger partial charge is 0.306 e. The maximum atomic E-state index is 13.5. The molecule has 0 spiro atoms. The van der Waals surface area contributed by atoms with Gasteiger partial charge in [0.2, 0.25) is 0 Å².